The summed E-state index contributed by atoms with van der Waals surface area (Å²) in [7, 11) is 2.25. The van der Waals surface area contributed by atoms with Crippen molar-refractivity contribution in [3.8, 4) is 0 Å². The van der Waals surface area contributed by atoms with E-state index in [4.69, 9.17) is 9.47 Å². The lowest BCUT2D eigenvalue weighted by Crippen LogP contribution is -2.32. The third-order valence-corrected chi connectivity index (χ3v) is 12.1. The van der Waals surface area contributed by atoms with Gasteiger partial charge in [0.15, 0.2) is 5.79 Å². The molecule has 0 bridgehead atoms. The number of pyridine rings is 1. The van der Waals surface area contributed by atoms with Crippen LogP contribution in [0, 0.1) is 0 Å². The summed E-state index contributed by atoms with van der Waals surface area (Å²) in [5.74, 6) is -0.388. The summed E-state index contributed by atoms with van der Waals surface area (Å²) in [5, 5.41) is 0. The second kappa shape index (κ2) is 34.3. The lowest BCUT2D eigenvalue weighted by Gasteiger charge is -2.32. The maximum absolute atomic E-state index is 6.93. The van der Waals surface area contributed by atoms with Crippen LogP contribution in [-0.2, 0) is 14.9 Å². The van der Waals surface area contributed by atoms with E-state index in [0.29, 0.717) is 0 Å². The number of unbranched alkanes of at least 4 members (excludes halogenated alkanes) is 18. The first-order valence-electron chi connectivity index (χ1n) is 24.5. The van der Waals surface area contributed by atoms with E-state index in [0.717, 1.165) is 51.7 Å². The van der Waals surface area contributed by atoms with Crippen molar-refractivity contribution < 1.29 is 9.47 Å². The van der Waals surface area contributed by atoms with Crippen molar-refractivity contribution >= 4 is 0 Å². The molecule has 0 radical (unpaired) electrons. The largest absolute Gasteiger partial charge is 0.378 e. The van der Waals surface area contributed by atoms with Gasteiger partial charge in [0.1, 0.15) is 0 Å². The molecule has 2 rings (SSSR count). The van der Waals surface area contributed by atoms with E-state index in [1.807, 2.05) is 12.4 Å². The minimum atomic E-state index is -0.388. The van der Waals surface area contributed by atoms with Crippen LogP contribution in [0.1, 0.15) is 220 Å². The number of allylic oxidation sites excluding steroid dienone is 10. The molecule has 1 aromatic rings. The second-order valence-corrected chi connectivity index (χ2v) is 17.9. The lowest BCUT2D eigenvalue weighted by atomic mass is 9.80. The number of nitrogens with zero attached hydrogens (tertiary/aromatic N) is 2. The summed E-state index contributed by atoms with van der Waals surface area (Å²) in [5.41, 5.74) is 2.76. The first kappa shape index (κ1) is 51.7. The van der Waals surface area contributed by atoms with Gasteiger partial charge in [-0.3, -0.25) is 4.98 Å². The molecule has 58 heavy (non-hydrogen) atoms. The highest BCUT2D eigenvalue weighted by atomic mass is 16.7. The first-order chi connectivity index (χ1) is 28.4. The summed E-state index contributed by atoms with van der Waals surface area (Å²) < 4.78 is 13.6. The molecule has 0 aliphatic carbocycles. The smallest absolute Gasteiger partial charge is 0.168 e. The quantitative estimate of drug-likeness (QED) is 0.0496. The maximum Gasteiger partial charge on any atom is 0.168 e. The number of hydrogen-bond acceptors (Lipinski definition) is 4. The third-order valence-electron chi connectivity index (χ3n) is 12.1. The zero-order valence-electron chi connectivity index (χ0n) is 39.0. The normalized spacial score (nSPS) is 16.3. The Bertz CT molecular complexity index is 1200. The van der Waals surface area contributed by atoms with Gasteiger partial charge in [-0.1, -0.05) is 159 Å². The number of ether oxygens (including phenoxy) is 2. The number of aromatic nitrogens is 1. The molecule has 1 saturated heterocycles. The molecular weight excluding hydrogens is 709 g/mol. The SMILES string of the molecule is C/C=C(\CC(C)(C)c1ccncc1)N(C)CCC1COC(CCCCCCCC/C=C\C/C=C\CCCCC)(CCCCCCCC/C=C\C/C=C\CCCCC)O1. The molecule has 1 aliphatic rings. The van der Waals surface area contributed by atoms with Gasteiger partial charge in [0.05, 0.1) is 12.7 Å². The first-order valence-corrected chi connectivity index (χ1v) is 24.5. The van der Waals surface area contributed by atoms with Gasteiger partial charge in [-0.2, -0.15) is 0 Å². The van der Waals surface area contributed by atoms with Gasteiger partial charge in [-0.15, -0.1) is 0 Å². The minimum Gasteiger partial charge on any atom is -0.378 e. The number of rotatable bonds is 37. The van der Waals surface area contributed by atoms with E-state index in [9.17, 15) is 0 Å². The zero-order valence-corrected chi connectivity index (χ0v) is 39.0. The molecule has 4 heteroatoms. The van der Waals surface area contributed by atoms with Crippen LogP contribution in [0.2, 0.25) is 0 Å². The van der Waals surface area contributed by atoms with Crippen molar-refractivity contribution in [1.82, 2.24) is 9.88 Å². The Labute approximate surface area is 360 Å². The van der Waals surface area contributed by atoms with Gasteiger partial charge < -0.3 is 14.4 Å². The van der Waals surface area contributed by atoms with Gasteiger partial charge >= 0.3 is 0 Å². The van der Waals surface area contributed by atoms with Gasteiger partial charge in [0.2, 0.25) is 0 Å². The Morgan fingerprint density at radius 1 is 0.672 bits per heavy atom. The molecule has 0 amide bonds. The third kappa shape index (κ3) is 25.3. The van der Waals surface area contributed by atoms with Crippen LogP contribution in [0.4, 0.5) is 0 Å². The van der Waals surface area contributed by atoms with Gasteiger partial charge in [0, 0.05) is 44.5 Å². The predicted molar refractivity (Wildman–Crippen MR) is 254 cm³/mol. The van der Waals surface area contributed by atoms with Gasteiger partial charge in [0.25, 0.3) is 0 Å². The highest BCUT2D eigenvalue weighted by molar-refractivity contribution is 5.23. The molecule has 1 unspecified atom stereocenters. The van der Waals surface area contributed by atoms with E-state index in [1.54, 1.807) is 0 Å². The molecule has 0 N–H and O–H groups in total. The average Bonchev–Trinajstić information content (AvgIpc) is 3.64. The van der Waals surface area contributed by atoms with E-state index >= 15 is 0 Å². The maximum atomic E-state index is 6.93. The molecule has 1 aliphatic heterocycles. The van der Waals surface area contributed by atoms with Crippen LogP contribution in [0.5, 0.6) is 0 Å². The summed E-state index contributed by atoms with van der Waals surface area (Å²) in [6, 6.07) is 4.31. The monoisotopic (exact) mass is 801 g/mol. The van der Waals surface area contributed by atoms with Crippen LogP contribution in [0.3, 0.4) is 0 Å². The molecule has 0 aromatic carbocycles. The topological polar surface area (TPSA) is 34.6 Å². The fourth-order valence-corrected chi connectivity index (χ4v) is 8.21. The standard InChI is InChI=1S/C54H92N2O2/c1-7-10-12-14-16-18-20-22-24-26-28-30-32-34-36-38-43-54(44-39-37-35-33-31-29-27-25-23-21-19-17-15-13-11-8-2)57-49-52(58-54)42-47-56(6)51(9-3)48-53(4,5)50-40-45-55-46-41-50/h9,16-19,22-25,40-41,45-46,52H,7-8,10-15,20-21,26-39,42-44,47-49H2,1-6H3/b18-16-,19-17-,24-22-,25-23-,51-9+. The van der Waals surface area contributed by atoms with Crippen LogP contribution < -0.4 is 0 Å². The van der Waals surface area contributed by atoms with E-state index in [2.05, 4.69) is 118 Å². The Morgan fingerprint density at radius 2 is 1.12 bits per heavy atom. The van der Waals surface area contributed by atoms with Crippen LogP contribution >= 0.6 is 0 Å². The molecule has 1 fully saturated rings. The Kier molecular flexibility index (Phi) is 30.6. The predicted octanol–water partition coefficient (Wildman–Crippen LogP) is 16.5. The van der Waals surface area contributed by atoms with Gasteiger partial charge in [-0.25, -0.2) is 0 Å². The van der Waals surface area contributed by atoms with E-state index < -0.39 is 0 Å². The molecule has 4 nitrogen and oxygen atoms in total. The zero-order chi connectivity index (χ0) is 41.8. The molecule has 2 heterocycles. The van der Waals surface area contributed by atoms with Crippen molar-refractivity contribution in [3.63, 3.8) is 0 Å². The molecule has 330 valence electrons. The Morgan fingerprint density at radius 3 is 1.59 bits per heavy atom. The van der Waals surface area contributed by atoms with E-state index in [1.165, 1.54) is 153 Å². The fraction of sp³-hybridized carbons (Fsp3) is 0.722. The summed E-state index contributed by atoms with van der Waals surface area (Å²) in [6.45, 7) is 13.1. The van der Waals surface area contributed by atoms with Crippen molar-refractivity contribution in [2.75, 3.05) is 20.2 Å². The highest BCUT2D eigenvalue weighted by Crippen LogP contribution is 2.36. The molecule has 0 saturated carbocycles. The van der Waals surface area contributed by atoms with Crippen LogP contribution in [0.15, 0.2) is 84.9 Å². The Hall–Kier alpha value is -2.43. The summed E-state index contributed by atoms with van der Waals surface area (Å²) >= 11 is 0. The summed E-state index contributed by atoms with van der Waals surface area (Å²) in [4.78, 5) is 6.68. The van der Waals surface area contributed by atoms with Crippen molar-refractivity contribution in [3.05, 3.63) is 90.5 Å². The number of hydrogen-bond donors (Lipinski definition) is 0. The summed E-state index contributed by atoms with van der Waals surface area (Å²) in [6.07, 6.45) is 59.9. The highest BCUT2D eigenvalue weighted by Gasteiger charge is 2.40. The minimum absolute atomic E-state index is 0.0464. The Balaban J connectivity index is 1.74. The van der Waals surface area contributed by atoms with Crippen molar-refractivity contribution in [2.45, 2.75) is 232 Å². The lowest BCUT2D eigenvalue weighted by molar-refractivity contribution is -0.180. The van der Waals surface area contributed by atoms with Crippen LogP contribution in [-0.4, -0.2) is 42.0 Å². The van der Waals surface area contributed by atoms with Crippen molar-refractivity contribution in [2.24, 2.45) is 0 Å². The fourth-order valence-electron chi connectivity index (χ4n) is 8.21. The average molecular weight is 801 g/mol. The van der Waals surface area contributed by atoms with Gasteiger partial charge in [-0.05, 0) is 120 Å². The molecule has 0 spiro atoms. The second-order valence-electron chi connectivity index (χ2n) is 17.9. The molecular formula is C54H92N2O2. The van der Waals surface area contributed by atoms with E-state index in [-0.39, 0.29) is 17.3 Å². The van der Waals surface area contributed by atoms with Crippen molar-refractivity contribution in [1.29, 1.82) is 0 Å². The molecule has 1 atom stereocenters. The van der Waals surface area contributed by atoms with Crippen LogP contribution in [0.25, 0.3) is 0 Å². The molecule has 1 aromatic heterocycles.